The molecule has 1 N–H and O–H groups in total. The van der Waals surface area contributed by atoms with Gasteiger partial charge in [0, 0.05) is 12.6 Å². The van der Waals surface area contributed by atoms with Gasteiger partial charge in [0.05, 0.1) is 6.10 Å². The summed E-state index contributed by atoms with van der Waals surface area (Å²) in [5.41, 5.74) is 0.392. The molecule has 0 aromatic heterocycles. The normalized spacial score (nSPS) is 35.9. The maximum atomic E-state index is 10.5. The van der Waals surface area contributed by atoms with E-state index >= 15 is 0 Å². The second-order valence-electron chi connectivity index (χ2n) is 8.64. The third-order valence-electron chi connectivity index (χ3n) is 6.01. The summed E-state index contributed by atoms with van der Waals surface area (Å²) >= 11 is 0. The third-order valence-corrected chi connectivity index (χ3v) is 6.01. The Hall–Kier alpha value is -0.0800. The molecular formula is C19H37NO. The van der Waals surface area contributed by atoms with Crippen LogP contribution in [0.1, 0.15) is 79.1 Å². The zero-order valence-corrected chi connectivity index (χ0v) is 14.8. The minimum absolute atomic E-state index is 0.0622. The van der Waals surface area contributed by atoms with Crippen LogP contribution in [0.5, 0.6) is 0 Å². The van der Waals surface area contributed by atoms with E-state index in [1.807, 2.05) is 0 Å². The van der Waals surface area contributed by atoms with E-state index in [4.69, 9.17) is 0 Å². The topological polar surface area (TPSA) is 23.5 Å². The van der Waals surface area contributed by atoms with Crippen LogP contribution < -0.4 is 0 Å². The van der Waals surface area contributed by atoms with Crippen molar-refractivity contribution in [3.8, 4) is 0 Å². The van der Waals surface area contributed by atoms with Crippen molar-refractivity contribution in [2.45, 2.75) is 91.2 Å². The number of aliphatic hydroxyl groups excluding tert-OH is 1. The highest BCUT2D eigenvalue weighted by molar-refractivity contribution is 4.88. The predicted octanol–water partition coefficient (Wildman–Crippen LogP) is 4.46. The third kappa shape index (κ3) is 4.69. The van der Waals surface area contributed by atoms with Crippen LogP contribution in [0.2, 0.25) is 0 Å². The van der Waals surface area contributed by atoms with Gasteiger partial charge in [-0.25, -0.2) is 0 Å². The summed E-state index contributed by atoms with van der Waals surface area (Å²) in [6.07, 6.45) is 10.1. The lowest BCUT2D eigenvalue weighted by Crippen LogP contribution is -2.46. The van der Waals surface area contributed by atoms with Crippen molar-refractivity contribution in [3.63, 3.8) is 0 Å². The van der Waals surface area contributed by atoms with Gasteiger partial charge in [-0.2, -0.15) is 0 Å². The maximum Gasteiger partial charge on any atom is 0.0580 e. The van der Waals surface area contributed by atoms with E-state index in [-0.39, 0.29) is 6.10 Å². The van der Waals surface area contributed by atoms with Crippen LogP contribution in [-0.2, 0) is 0 Å². The lowest BCUT2D eigenvalue weighted by Gasteiger charge is -2.44. The van der Waals surface area contributed by atoms with Gasteiger partial charge in [0.1, 0.15) is 0 Å². The summed E-state index contributed by atoms with van der Waals surface area (Å²) in [6, 6.07) is 0.783. The van der Waals surface area contributed by atoms with E-state index < -0.39 is 0 Å². The van der Waals surface area contributed by atoms with Gasteiger partial charge in [-0.1, -0.05) is 40.5 Å². The smallest absolute Gasteiger partial charge is 0.0580 e. The fraction of sp³-hybridized carbons (Fsp3) is 1.00. The van der Waals surface area contributed by atoms with Gasteiger partial charge in [-0.15, -0.1) is 0 Å². The summed E-state index contributed by atoms with van der Waals surface area (Å²) in [5, 5.41) is 10.5. The highest BCUT2D eigenvalue weighted by Gasteiger charge is 2.36. The predicted molar refractivity (Wildman–Crippen MR) is 90.4 cm³/mol. The standard InChI is InChI=1S/C19H37NO/c1-5-8-17-9-6-7-12-20(17)14-15-13-16(19(2,3)4)10-11-18(15)21/h15-18,21H,5-14H2,1-4H3. The molecule has 0 bridgehead atoms. The second kappa shape index (κ2) is 7.46. The Kier molecular flexibility index (Phi) is 6.14. The van der Waals surface area contributed by atoms with Gasteiger partial charge in [0.15, 0.2) is 0 Å². The highest BCUT2D eigenvalue weighted by atomic mass is 16.3. The van der Waals surface area contributed by atoms with E-state index in [0.29, 0.717) is 11.3 Å². The Labute approximate surface area is 132 Å². The van der Waals surface area contributed by atoms with Crippen LogP contribution in [-0.4, -0.2) is 35.2 Å². The molecule has 0 aromatic carbocycles. The van der Waals surface area contributed by atoms with E-state index in [1.54, 1.807) is 0 Å². The Bertz CT molecular complexity index is 307. The number of likely N-dealkylation sites (tertiary alicyclic amines) is 1. The molecule has 2 fully saturated rings. The molecule has 1 saturated carbocycles. The summed E-state index contributed by atoms with van der Waals surface area (Å²) in [6.45, 7) is 11.8. The fourth-order valence-corrected chi connectivity index (χ4v) is 4.49. The molecule has 1 aliphatic carbocycles. The number of aliphatic hydroxyl groups is 1. The number of hydrogen-bond donors (Lipinski definition) is 1. The van der Waals surface area contributed by atoms with Gasteiger partial charge in [0.2, 0.25) is 0 Å². The molecule has 1 saturated heterocycles. The average molecular weight is 296 g/mol. The van der Waals surface area contributed by atoms with Gasteiger partial charge < -0.3 is 10.0 Å². The van der Waals surface area contributed by atoms with E-state index in [9.17, 15) is 5.11 Å². The SMILES string of the molecule is CCCC1CCCCN1CC1CC(C(C)(C)C)CCC1O. The molecule has 0 aromatic rings. The number of rotatable bonds is 4. The van der Waals surface area contributed by atoms with Crippen LogP contribution in [0.3, 0.4) is 0 Å². The Balaban J connectivity index is 1.95. The molecule has 1 aliphatic heterocycles. The molecule has 2 rings (SSSR count). The van der Waals surface area contributed by atoms with Crippen LogP contribution >= 0.6 is 0 Å². The van der Waals surface area contributed by atoms with Crippen LogP contribution in [0.4, 0.5) is 0 Å². The Morgan fingerprint density at radius 2 is 1.86 bits per heavy atom. The number of hydrogen-bond acceptors (Lipinski definition) is 2. The van der Waals surface area contributed by atoms with Gasteiger partial charge in [-0.3, -0.25) is 0 Å². The van der Waals surface area contributed by atoms with Crippen molar-refractivity contribution in [1.82, 2.24) is 4.90 Å². The molecule has 4 unspecified atom stereocenters. The van der Waals surface area contributed by atoms with Gasteiger partial charge in [0.25, 0.3) is 0 Å². The van der Waals surface area contributed by atoms with E-state index in [2.05, 4.69) is 32.6 Å². The second-order valence-corrected chi connectivity index (χ2v) is 8.64. The first-order chi connectivity index (χ1) is 9.91. The largest absolute Gasteiger partial charge is 0.393 e. The molecule has 0 amide bonds. The quantitative estimate of drug-likeness (QED) is 0.827. The molecule has 2 nitrogen and oxygen atoms in total. The Morgan fingerprint density at radius 1 is 1.10 bits per heavy atom. The average Bonchev–Trinajstić information content (AvgIpc) is 2.42. The first kappa shape index (κ1) is 17.3. The summed E-state index contributed by atoms with van der Waals surface area (Å²) in [5.74, 6) is 1.28. The highest BCUT2D eigenvalue weighted by Crippen LogP contribution is 2.41. The summed E-state index contributed by atoms with van der Waals surface area (Å²) in [7, 11) is 0. The lowest BCUT2D eigenvalue weighted by molar-refractivity contribution is -0.00896. The minimum atomic E-state index is -0.0622. The molecule has 0 spiro atoms. The number of nitrogens with zero attached hydrogens (tertiary/aromatic N) is 1. The zero-order chi connectivity index (χ0) is 15.5. The molecule has 4 atom stereocenters. The fourth-order valence-electron chi connectivity index (χ4n) is 4.49. The van der Waals surface area contributed by atoms with Crippen molar-refractivity contribution >= 4 is 0 Å². The van der Waals surface area contributed by atoms with Crippen molar-refractivity contribution in [3.05, 3.63) is 0 Å². The van der Waals surface area contributed by atoms with Crippen molar-refractivity contribution < 1.29 is 5.11 Å². The van der Waals surface area contributed by atoms with Crippen LogP contribution in [0, 0.1) is 17.3 Å². The van der Waals surface area contributed by atoms with Gasteiger partial charge >= 0.3 is 0 Å². The minimum Gasteiger partial charge on any atom is -0.393 e. The molecule has 0 radical (unpaired) electrons. The van der Waals surface area contributed by atoms with Crippen LogP contribution in [0.15, 0.2) is 0 Å². The first-order valence-corrected chi connectivity index (χ1v) is 9.34. The molecular weight excluding hydrogens is 258 g/mol. The van der Waals surface area contributed by atoms with E-state index in [0.717, 1.165) is 24.9 Å². The van der Waals surface area contributed by atoms with Crippen molar-refractivity contribution in [2.24, 2.45) is 17.3 Å². The summed E-state index contributed by atoms with van der Waals surface area (Å²) in [4.78, 5) is 2.71. The first-order valence-electron chi connectivity index (χ1n) is 9.34. The summed E-state index contributed by atoms with van der Waals surface area (Å²) < 4.78 is 0. The van der Waals surface area contributed by atoms with Crippen molar-refractivity contribution in [1.29, 1.82) is 0 Å². The monoisotopic (exact) mass is 295 g/mol. The van der Waals surface area contributed by atoms with Gasteiger partial charge in [-0.05, 0) is 62.3 Å². The molecule has 1 heterocycles. The lowest BCUT2D eigenvalue weighted by atomic mass is 9.68. The molecule has 2 heteroatoms. The number of piperidine rings is 1. The Morgan fingerprint density at radius 3 is 2.52 bits per heavy atom. The zero-order valence-electron chi connectivity index (χ0n) is 14.8. The molecule has 21 heavy (non-hydrogen) atoms. The van der Waals surface area contributed by atoms with Crippen LogP contribution in [0.25, 0.3) is 0 Å². The van der Waals surface area contributed by atoms with E-state index in [1.165, 1.54) is 51.5 Å². The molecule has 2 aliphatic rings. The maximum absolute atomic E-state index is 10.5. The molecule has 124 valence electrons. The van der Waals surface area contributed by atoms with Crippen molar-refractivity contribution in [2.75, 3.05) is 13.1 Å².